The quantitative estimate of drug-likeness (QED) is 0.818. The van der Waals surface area contributed by atoms with Gasteiger partial charge in [0.25, 0.3) is 0 Å². The Kier molecular flexibility index (Phi) is 5.66. The first-order valence-electron chi connectivity index (χ1n) is 8.80. The average molecular weight is 372 g/mol. The first kappa shape index (κ1) is 18.5. The van der Waals surface area contributed by atoms with Crippen molar-refractivity contribution in [3.63, 3.8) is 0 Å². The van der Waals surface area contributed by atoms with Gasteiger partial charge >= 0.3 is 0 Å². The number of imidazole rings is 1. The molecule has 1 aromatic carbocycles. The molecule has 0 saturated carbocycles. The Morgan fingerprint density at radius 3 is 2.85 bits per heavy atom. The van der Waals surface area contributed by atoms with Gasteiger partial charge in [-0.2, -0.15) is 0 Å². The summed E-state index contributed by atoms with van der Waals surface area (Å²) in [4.78, 5) is 30.3. The number of primary amides is 1. The van der Waals surface area contributed by atoms with Crippen LogP contribution >= 0.6 is 11.8 Å². The van der Waals surface area contributed by atoms with Crippen molar-refractivity contribution in [2.24, 2.45) is 5.73 Å². The summed E-state index contributed by atoms with van der Waals surface area (Å²) in [6.45, 7) is 4.72. The van der Waals surface area contributed by atoms with E-state index in [9.17, 15) is 9.59 Å². The highest BCUT2D eigenvalue weighted by molar-refractivity contribution is 7.99. The van der Waals surface area contributed by atoms with Gasteiger partial charge in [-0.3, -0.25) is 14.2 Å². The highest BCUT2D eigenvalue weighted by atomic mass is 32.2. The molecular weight excluding hydrogens is 348 g/mol. The number of benzene rings is 1. The number of aryl methyl sites for hydroxylation is 2. The molecule has 0 bridgehead atoms. The summed E-state index contributed by atoms with van der Waals surface area (Å²) < 4.78 is 1.99. The van der Waals surface area contributed by atoms with Crippen LogP contribution in [0.2, 0.25) is 0 Å². The molecule has 138 valence electrons. The lowest BCUT2D eigenvalue weighted by Crippen LogP contribution is -2.51. The van der Waals surface area contributed by atoms with Gasteiger partial charge in [0.05, 0.1) is 11.4 Å². The second-order valence-electron chi connectivity index (χ2n) is 6.66. The van der Waals surface area contributed by atoms with Gasteiger partial charge in [0.15, 0.2) is 5.16 Å². The number of nitrogens with two attached hydrogens (primary N) is 1. The second-order valence-corrected chi connectivity index (χ2v) is 7.60. The molecule has 0 aliphatic carbocycles. The largest absolute Gasteiger partial charge is 0.368 e. The van der Waals surface area contributed by atoms with E-state index in [0.29, 0.717) is 13.0 Å². The first-order valence-corrected chi connectivity index (χ1v) is 9.78. The van der Waals surface area contributed by atoms with Crippen LogP contribution in [0.4, 0.5) is 0 Å². The highest BCUT2D eigenvalue weighted by Crippen LogP contribution is 2.25. The normalized spacial score (nSPS) is 17.3. The molecule has 0 spiro atoms. The summed E-state index contributed by atoms with van der Waals surface area (Å²) in [5.74, 6) is -0.236. The maximum absolute atomic E-state index is 12.6. The standard InChI is InChI=1S/C19H24N4O2S/c1-13-6-7-15(14(2)11-13)23-10-8-21-19(23)26-12-17(24)22-9-4-3-5-16(22)18(20)25/h6-8,10-11,16H,3-5,9,12H2,1-2H3,(H2,20,25). The molecule has 3 rings (SSSR count). The van der Waals surface area contributed by atoms with Gasteiger partial charge in [-0.05, 0) is 44.7 Å². The highest BCUT2D eigenvalue weighted by Gasteiger charge is 2.30. The Balaban J connectivity index is 1.72. The zero-order valence-corrected chi connectivity index (χ0v) is 16.0. The fourth-order valence-corrected chi connectivity index (χ4v) is 4.24. The van der Waals surface area contributed by atoms with Gasteiger partial charge in [0.1, 0.15) is 6.04 Å². The van der Waals surface area contributed by atoms with Crippen LogP contribution in [-0.4, -0.2) is 44.6 Å². The van der Waals surface area contributed by atoms with E-state index < -0.39 is 11.9 Å². The van der Waals surface area contributed by atoms with E-state index in [-0.39, 0.29) is 11.7 Å². The van der Waals surface area contributed by atoms with E-state index in [1.165, 1.54) is 17.3 Å². The third-order valence-corrected chi connectivity index (χ3v) is 5.65. The zero-order chi connectivity index (χ0) is 18.7. The Morgan fingerprint density at radius 2 is 2.12 bits per heavy atom. The van der Waals surface area contributed by atoms with E-state index in [4.69, 9.17) is 5.73 Å². The zero-order valence-electron chi connectivity index (χ0n) is 15.1. The van der Waals surface area contributed by atoms with Crippen molar-refractivity contribution in [1.82, 2.24) is 14.5 Å². The number of thioether (sulfide) groups is 1. The number of piperidine rings is 1. The van der Waals surface area contributed by atoms with E-state index in [2.05, 4.69) is 37.0 Å². The molecule has 2 heterocycles. The van der Waals surface area contributed by atoms with Crippen LogP contribution in [0.1, 0.15) is 30.4 Å². The maximum Gasteiger partial charge on any atom is 0.240 e. The number of likely N-dealkylation sites (tertiary alicyclic amines) is 1. The number of hydrogen-bond acceptors (Lipinski definition) is 4. The van der Waals surface area contributed by atoms with Crippen LogP contribution in [0.5, 0.6) is 0 Å². The summed E-state index contributed by atoms with van der Waals surface area (Å²) in [5.41, 5.74) is 8.87. The van der Waals surface area contributed by atoms with Gasteiger partial charge in [-0.1, -0.05) is 29.5 Å². The minimum Gasteiger partial charge on any atom is -0.368 e. The Bertz CT molecular complexity index is 818. The van der Waals surface area contributed by atoms with Crippen molar-refractivity contribution in [2.45, 2.75) is 44.3 Å². The third-order valence-electron chi connectivity index (χ3n) is 4.69. The van der Waals surface area contributed by atoms with Gasteiger partial charge in [-0.25, -0.2) is 4.98 Å². The molecule has 2 amide bonds. The Morgan fingerprint density at radius 1 is 1.31 bits per heavy atom. The summed E-state index contributed by atoms with van der Waals surface area (Å²) in [6.07, 6.45) is 6.14. The van der Waals surface area contributed by atoms with Crippen molar-refractivity contribution in [1.29, 1.82) is 0 Å². The van der Waals surface area contributed by atoms with Gasteiger partial charge in [-0.15, -0.1) is 0 Å². The minimum atomic E-state index is -0.476. The fraction of sp³-hybridized carbons (Fsp3) is 0.421. The molecule has 1 atom stereocenters. The van der Waals surface area contributed by atoms with Crippen molar-refractivity contribution < 1.29 is 9.59 Å². The third kappa shape index (κ3) is 3.93. The van der Waals surface area contributed by atoms with E-state index in [0.717, 1.165) is 29.2 Å². The first-order chi connectivity index (χ1) is 12.5. The van der Waals surface area contributed by atoms with Gasteiger partial charge in [0.2, 0.25) is 11.8 Å². The van der Waals surface area contributed by atoms with Crippen LogP contribution in [0.25, 0.3) is 5.69 Å². The predicted octanol–water partition coefficient (Wildman–Crippen LogP) is 2.45. The summed E-state index contributed by atoms with van der Waals surface area (Å²) in [6, 6.07) is 5.77. The molecular formula is C19H24N4O2S. The van der Waals surface area contributed by atoms with Crippen molar-refractivity contribution in [2.75, 3.05) is 12.3 Å². The van der Waals surface area contributed by atoms with Crippen molar-refractivity contribution in [3.05, 3.63) is 41.7 Å². The molecule has 1 fully saturated rings. The molecule has 0 radical (unpaired) electrons. The van der Waals surface area contributed by atoms with E-state index in [1.807, 2.05) is 10.8 Å². The minimum absolute atomic E-state index is 0.0614. The van der Waals surface area contributed by atoms with Crippen LogP contribution in [0.3, 0.4) is 0 Å². The van der Waals surface area contributed by atoms with Crippen LogP contribution in [-0.2, 0) is 9.59 Å². The summed E-state index contributed by atoms with van der Waals surface area (Å²) in [5, 5.41) is 0.762. The molecule has 6 nitrogen and oxygen atoms in total. The molecule has 2 N–H and O–H groups in total. The van der Waals surface area contributed by atoms with Crippen LogP contribution < -0.4 is 5.73 Å². The van der Waals surface area contributed by atoms with Gasteiger partial charge in [0, 0.05) is 18.9 Å². The monoisotopic (exact) mass is 372 g/mol. The molecule has 1 aromatic heterocycles. The Labute approximate surface area is 157 Å². The average Bonchev–Trinajstić information content (AvgIpc) is 3.08. The molecule has 7 heteroatoms. The van der Waals surface area contributed by atoms with Crippen LogP contribution in [0.15, 0.2) is 35.7 Å². The summed E-state index contributed by atoms with van der Waals surface area (Å²) >= 11 is 1.39. The Hall–Kier alpha value is -2.28. The van der Waals surface area contributed by atoms with Crippen molar-refractivity contribution >= 4 is 23.6 Å². The second kappa shape index (κ2) is 7.95. The van der Waals surface area contributed by atoms with Crippen LogP contribution in [0, 0.1) is 13.8 Å². The number of rotatable bonds is 5. The van der Waals surface area contributed by atoms with Crippen molar-refractivity contribution in [3.8, 4) is 5.69 Å². The molecule has 1 unspecified atom stereocenters. The van der Waals surface area contributed by atoms with E-state index in [1.54, 1.807) is 11.1 Å². The maximum atomic E-state index is 12.6. The SMILES string of the molecule is Cc1ccc(-n2ccnc2SCC(=O)N2CCCCC2C(N)=O)c(C)c1. The number of hydrogen-bond donors (Lipinski definition) is 1. The number of amides is 2. The molecule has 2 aromatic rings. The lowest BCUT2D eigenvalue weighted by molar-refractivity contribution is -0.138. The number of carbonyl (C=O) groups excluding carboxylic acids is 2. The topological polar surface area (TPSA) is 81.2 Å². The number of nitrogens with zero attached hydrogens (tertiary/aromatic N) is 3. The van der Waals surface area contributed by atoms with Gasteiger partial charge < -0.3 is 10.6 Å². The molecule has 26 heavy (non-hydrogen) atoms. The molecule has 1 aliphatic rings. The van der Waals surface area contributed by atoms with E-state index >= 15 is 0 Å². The molecule has 1 aliphatic heterocycles. The summed E-state index contributed by atoms with van der Waals surface area (Å²) in [7, 11) is 0. The smallest absolute Gasteiger partial charge is 0.240 e. The fourth-order valence-electron chi connectivity index (χ4n) is 3.39. The lowest BCUT2D eigenvalue weighted by atomic mass is 10.0. The number of carbonyl (C=O) groups is 2. The molecule has 1 saturated heterocycles. The lowest BCUT2D eigenvalue weighted by Gasteiger charge is -2.33. The number of aromatic nitrogens is 2. The predicted molar refractivity (Wildman–Crippen MR) is 102 cm³/mol.